The van der Waals surface area contributed by atoms with E-state index in [9.17, 15) is 22.4 Å². The number of hydrogen-bond acceptors (Lipinski definition) is 1. The molecule has 0 aliphatic heterocycles. The monoisotopic (exact) mass is 270 g/mol. The van der Waals surface area contributed by atoms with Gasteiger partial charge in [0.05, 0.1) is 5.56 Å². The lowest BCUT2D eigenvalue weighted by atomic mass is 10.1. The van der Waals surface area contributed by atoms with Crippen molar-refractivity contribution in [3.63, 3.8) is 0 Å². The lowest BCUT2D eigenvalue weighted by molar-refractivity contribution is 0.0669. The van der Waals surface area contributed by atoms with E-state index in [4.69, 9.17) is 0 Å². The fourth-order valence-electron chi connectivity index (χ4n) is 0.887. The molecule has 1 aromatic carbocycles. The van der Waals surface area contributed by atoms with E-state index >= 15 is 0 Å². The molecule has 14 heavy (non-hydrogen) atoms. The molecule has 0 saturated carbocycles. The molecule has 0 heterocycles. The minimum atomic E-state index is -3.42. The summed E-state index contributed by atoms with van der Waals surface area (Å²) in [6, 6.07) is 1.50. The molecule has 76 valence electrons. The second-order valence-corrected chi connectivity index (χ2v) is 3.33. The summed E-state index contributed by atoms with van der Waals surface area (Å²) in [5, 5.41) is 0. The van der Waals surface area contributed by atoms with E-state index in [0.717, 1.165) is 12.1 Å². The minimum absolute atomic E-state index is 0.0401. The molecular weight excluding hydrogens is 268 g/mol. The van der Waals surface area contributed by atoms with E-state index in [-0.39, 0.29) is 4.47 Å². The van der Waals surface area contributed by atoms with Crippen molar-refractivity contribution in [3.05, 3.63) is 33.8 Å². The average Bonchev–Trinajstić information content (AvgIpc) is 2.01. The summed E-state index contributed by atoms with van der Waals surface area (Å²) in [7, 11) is 0. The van der Waals surface area contributed by atoms with Crippen molar-refractivity contribution >= 4 is 21.7 Å². The van der Waals surface area contributed by atoms with Crippen LogP contribution in [-0.4, -0.2) is 12.2 Å². The molecule has 1 nitrogen and oxygen atoms in total. The van der Waals surface area contributed by atoms with Crippen molar-refractivity contribution < 1.29 is 22.4 Å². The van der Waals surface area contributed by atoms with E-state index in [1.54, 1.807) is 0 Å². The van der Waals surface area contributed by atoms with Gasteiger partial charge in [-0.1, -0.05) is 15.9 Å². The highest BCUT2D eigenvalue weighted by atomic mass is 79.9. The van der Waals surface area contributed by atoms with E-state index in [2.05, 4.69) is 15.9 Å². The first-order valence-corrected chi connectivity index (χ1v) is 4.19. The number of carbonyl (C=O) groups is 1. The normalized spacial score (nSPS) is 10.7. The van der Waals surface area contributed by atoms with Crippen molar-refractivity contribution in [2.75, 3.05) is 0 Å². The first-order valence-electron chi connectivity index (χ1n) is 3.40. The third kappa shape index (κ3) is 2.12. The maximum atomic E-state index is 12.9. The minimum Gasteiger partial charge on any atom is -0.287 e. The smallest absolute Gasteiger partial charge is 0.287 e. The van der Waals surface area contributed by atoms with Crippen LogP contribution >= 0.6 is 15.9 Å². The van der Waals surface area contributed by atoms with Crippen LogP contribution in [0.1, 0.15) is 10.4 Å². The number of halogens is 5. The fourth-order valence-corrected chi connectivity index (χ4v) is 1.29. The maximum absolute atomic E-state index is 12.9. The van der Waals surface area contributed by atoms with Gasteiger partial charge in [0.1, 0.15) is 11.6 Å². The summed E-state index contributed by atoms with van der Waals surface area (Å²) < 4.78 is 49.6. The topological polar surface area (TPSA) is 17.1 Å². The van der Waals surface area contributed by atoms with E-state index in [1.165, 1.54) is 0 Å². The van der Waals surface area contributed by atoms with Gasteiger partial charge >= 0.3 is 6.43 Å². The van der Waals surface area contributed by atoms with Gasteiger partial charge in [0.2, 0.25) is 5.78 Å². The van der Waals surface area contributed by atoms with Gasteiger partial charge < -0.3 is 0 Å². The van der Waals surface area contributed by atoms with Gasteiger partial charge in [-0.3, -0.25) is 4.79 Å². The Balaban J connectivity index is 3.28. The molecule has 0 spiro atoms. The van der Waals surface area contributed by atoms with E-state index in [1.807, 2.05) is 0 Å². The third-order valence-electron chi connectivity index (χ3n) is 1.45. The molecule has 0 radical (unpaired) electrons. The first-order chi connectivity index (χ1) is 6.43. The molecule has 0 amide bonds. The van der Waals surface area contributed by atoms with E-state index < -0.39 is 29.4 Å². The zero-order valence-corrected chi connectivity index (χ0v) is 8.12. The molecule has 0 unspecified atom stereocenters. The predicted molar refractivity (Wildman–Crippen MR) is 44.4 cm³/mol. The Kier molecular flexibility index (Phi) is 3.25. The Bertz CT molecular complexity index is 355. The number of ketones is 1. The summed E-state index contributed by atoms with van der Waals surface area (Å²) in [6.45, 7) is 0. The van der Waals surface area contributed by atoms with Gasteiger partial charge in [0, 0.05) is 4.47 Å². The van der Waals surface area contributed by atoms with Crippen LogP contribution < -0.4 is 0 Å². The molecule has 0 aliphatic carbocycles. The molecule has 1 rings (SSSR count). The highest BCUT2D eigenvalue weighted by Crippen LogP contribution is 2.21. The molecule has 1 aromatic rings. The predicted octanol–water partition coefficient (Wildman–Crippen LogP) is 3.18. The molecule has 0 N–H and O–H groups in total. The summed E-state index contributed by atoms with van der Waals surface area (Å²) in [5.41, 5.74) is -1.21. The van der Waals surface area contributed by atoms with Crippen LogP contribution in [0.25, 0.3) is 0 Å². The van der Waals surface area contributed by atoms with Crippen LogP contribution in [0.4, 0.5) is 17.6 Å². The summed E-state index contributed by atoms with van der Waals surface area (Å²) >= 11 is 2.75. The van der Waals surface area contributed by atoms with Crippen LogP contribution in [0.5, 0.6) is 0 Å². The van der Waals surface area contributed by atoms with Crippen LogP contribution in [0.2, 0.25) is 0 Å². The molecule has 0 saturated heterocycles. The summed E-state index contributed by atoms with van der Waals surface area (Å²) in [4.78, 5) is 10.7. The van der Waals surface area contributed by atoms with Crippen LogP contribution in [-0.2, 0) is 0 Å². The zero-order chi connectivity index (χ0) is 10.9. The summed E-state index contributed by atoms with van der Waals surface area (Å²) in [6.07, 6.45) is -3.42. The second kappa shape index (κ2) is 4.08. The average molecular weight is 271 g/mol. The lowest BCUT2D eigenvalue weighted by Crippen LogP contribution is -2.14. The number of alkyl halides is 2. The third-order valence-corrected chi connectivity index (χ3v) is 1.91. The van der Waals surface area contributed by atoms with Crippen LogP contribution in [0, 0.1) is 11.6 Å². The Morgan fingerprint density at radius 1 is 1.21 bits per heavy atom. The standard InChI is InChI=1S/C8H3BrF4O/c9-3-1-4(10)6(5(11)2-3)7(14)8(12)13/h1-2,8H. The Morgan fingerprint density at radius 2 is 1.64 bits per heavy atom. The number of rotatable bonds is 2. The van der Waals surface area contributed by atoms with Crippen LogP contribution in [0.15, 0.2) is 16.6 Å². The van der Waals surface area contributed by atoms with Crippen LogP contribution in [0.3, 0.4) is 0 Å². The van der Waals surface area contributed by atoms with Gasteiger partial charge in [-0.2, -0.15) is 0 Å². The highest BCUT2D eigenvalue weighted by Gasteiger charge is 2.25. The second-order valence-electron chi connectivity index (χ2n) is 2.41. The zero-order valence-electron chi connectivity index (χ0n) is 6.53. The van der Waals surface area contributed by atoms with Crippen molar-refractivity contribution in [1.82, 2.24) is 0 Å². The molecule has 0 aliphatic rings. The Morgan fingerprint density at radius 3 is 2.00 bits per heavy atom. The largest absolute Gasteiger partial charge is 0.300 e. The summed E-state index contributed by atoms with van der Waals surface area (Å²) in [5.74, 6) is -4.46. The number of benzene rings is 1. The van der Waals surface area contributed by atoms with Crippen molar-refractivity contribution in [2.24, 2.45) is 0 Å². The van der Waals surface area contributed by atoms with E-state index in [0.29, 0.717) is 0 Å². The quantitative estimate of drug-likeness (QED) is 0.596. The first kappa shape index (κ1) is 11.2. The van der Waals surface area contributed by atoms with Crippen molar-refractivity contribution in [1.29, 1.82) is 0 Å². The number of hydrogen-bond donors (Lipinski definition) is 0. The fraction of sp³-hybridized carbons (Fsp3) is 0.125. The molecule has 6 heteroatoms. The SMILES string of the molecule is O=C(c1c(F)cc(Br)cc1F)C(F)F. The van der Waals surface area contributed by atoms with Gasteiger partial charge in [0.25, 0.3) is 0 Å². The van der Waals surface area contributed by atoms with Crippen molar-refractivity contribution in [2.45, 2.75) is 6.43 Å². The number of carbonyl (C=O) groups excluding carboxylic acids is 1. The van der Waals surface area contributed by atoms with Crippen molar-refractivity contribution in [3.8, 4) is 0 Å². The lowest BCUT2D eigenvalue weighted by Gasteiger charge is -2.03. The molecule has 0 atom stereocenters. The highest BCUT2D eigenvalue weighted by molar-refractivity contribution is 9.10. The van der Waals surface area contributed by atoms with Gasteiger partial charge in [-0.15, -0.1) is 0 Å². The Hall–Kier alpha value is -0.910. The molecule has 0 aromatic heterocycles. The molecular formula is C8H3BrF4O. The number of Topliss-reactive ketones (excluding diaryl/α,β-unsaturated/α-hetero) is 1. The van der Waals surface area contributed by atoms with Gasteiger partial charge in [-0.25, -0.2) is 17.6 Å². The Labute approximate surface area is 84.9 Å². The molecule has 0 bridgehead atoms. The maximum Gasteiger partial charge on any atom is 0.300 e. The van der Waals surface area contributed by atoms with Gasteiger partial charge in [0.15, 0.2) is 0 Å². The molecule has 0 fully saturated rings. The van der Waals surface area contributed by atoms with Gasteiger partial charge in [-0.05, 0) is 12.1 Å².